The number of hydrogen-bond donors (Lipinski definition) is 2. The number of rotatable bonds is 5. The van der Waals surface area contributed by atoms with Gasteiger partial charge < -0.3 is 10.4 Å². The highest BCUT2D eigenvalue weighted by Crippen LogP contribution is 2.18. The Bertz CT molecular complexity index is 832. The molecule has 1 aromatic heterocycles. The van der Waals surface area contributed by atoms with Crippen LogP contribution in [-0.4, -0.2) is 31.2 Å². The molecule has 1 atom stereocenters. The molecule has 1 amide bonds. The highest BCUT2D eigenvalue weighted by atomic mass is 16.3. The molecule has 0 saturated carbocycles. The second kappa shape index (κ2) is 7.01. The number of carbonyl (C=O) groups is 1. The van der Waals surface area contributed by atoms with Gasteiger partial charge in [0.2, 0.25) is 5.91 Å². The Kier molecular flexibility index (Phi) is 4.62. The SMILES string of the molecule is Cc1nnnn1-c1cccc(NC(=O)CC(O)c2ccccc2)c1. The van der Waals surface area contributed by atoms with Gasteiger partial charge in [0.1, 0.15) is 0 Å². The first-order valence-electron chi connectivity index (χ1n) is 7.52. The number of carbonyl (C=O) groups excluding carboxylic acids is 1. The molecule has 7 nitrogen and oxygen atoms in total. The van der Waals surface area contributed by atoms with Gasteiger partial charge in [-0.25, -0.2) is 0 Å². The molecule has 0 saturated heterocycles. The molecule has 0 spiro atoms. The van der Waals surface area contributed by atoms with Crippen molar-refractivity contribution in [2.75, 3.05) is 5.32 Å². The molecule has 0 aliphatic heterocycles. The van der Waals surface area contributed by atoms with Crippen molar-refractivity contribution in [1.29, 1.82) is 0 Å². The zero-order valence-corrected chi connectivity index (χ0v) is 13.1. The van der Waals surface area contributed by atoms with Crippen molar-refractivity contribution in [2.24, 2.45) is 0 Å². The lowest BCUT2D eigenvalue weighted by Crippen LogP contribution is -2.15. The van der Waals surface area contributed by atoms with E-state index >= 15 is 0 Å². The van der Waals surface area contributed by atoms with E-state index < -0.39 is 6.10 Å². The number of nitrogens with zero attached hydrogens (tertiary/aromatic N) is 4. The highest BCUT2D eigenvalue weighted by molar-refractivity contribution is 5.91. The van der Waals surface area contributed by atoms with Gasteiger partial charge in [-0.1, -0.05) is 36.4 Å². The van der Waals surface area contributed by atoms with E-state index in [4.69, 9.17) is 0 Å². The van der Waals surface area contributed by atoms with Gasteiger partial charge in [-0.2, -0.15) is 4.68 Å². The number of anilines is 1. The van der Waals surface area contributed by atoms with E-state index in [9.17, 15) is 9.90 Å². The zero-order valence-electron chi connectivity index (χ0n) is 13.1. The van der Waals surface area contributed by atoms with E-state index in [1.54, 1.807) is 41.9 Å². The lowest BCUT2D eigenvalue weighted by Gasteiger charge is -2.12. The van der Waals surface area contributed by atoms with E-state index in [1.807, 2.05) is 24.3 Å². The molecule has 0 bridgehead atoms. The first-order chi connectivity index (χ1) is 11.6. The average molecular weight is 323 g/mol. The van der Waals surface area contributed by atoms with Crippen molar-refractivity contribution in [3.8, 4) is 5.69 Å². The van der Waals surface area contributed by atoms with E-state index in [-0.39, 0.29) is 12.3 Å². The Labute approximate surface area is 138 Å². The predicted molar refractivity (Wildman–Crippen MR) is 88.5 cm³/mol. The number of amides is 1. The largest absolute Gasteiger partial charge is 0.388 e. The van der Waals surface area contributed by atoms with Crippen LogP contribution in [-0.2, 0) is 4.79 Å². The normalized spacial score (nSPS) is 11.9. The zero-order chi connectivity index (χ0) is 16.9. The number of aliphatic hydroxyl groups is 1. The van der Waals surface area contributed by atoms with Crippen LogP contribution in [0.5, 0.6) is 0 Å². The Morgan fingerprint density at radius 3 is 2.71 bits per heavy atom. The van der Waals surface area contributed by atoms with Gasteiger partial charge in [0.25, 0.3) is 0 Å². The quantitative estimate of drug-likeness (QED) is 0.749. The molecule has 3 rings (SSSR count). The van der Waals surface area contributed by atoms with Crippen LogP contribution in [0, 0.1) is 6.92 Å². The van der Waals surface area contributed by atoms with Crippen LogP contribution in [0.3, 0.4) is 0 Å². The minimum Gasteiger partial charge on any atom is -0.388 e. The summed E-state index contributed by atoms with van der Waals surface area (Å²) in [5.74, 6) is 0.384. The first-order valence-corrected chi connectivity index (χ1v) is 7.52. The van der Waals surface area contributed by atoms with Crippen LogP contribution < -0.4 is 5.32 Å². The Morgan fingerprint density at radius 1 is 1.21 bits per heavy atom. The number of aliphatic hydroxyl groups excluding tert-OH is 1. The Balaban J connectivity index is 1.68. The third-order valence-corrected chi connectivity index (χ3v) is 3.56. The summed E-state index contributed by atoms with van der Waals surface area (Å²) in [6, 6.07) is 16.3. The fourth-order valence-corrected chi connectivity index (χ4v) is 2.37. The molecule has 24 heavy (non-hydrogen) atoms. The topological polar surface area (TPSA) is 92.9 Å². The van der Waals surface area contributed by atoms with E-state index in [0.29, 0.717) is 17.1 Å². The Morgan fingerprint density at radius 2 is 2.00 bits per heavy atom. The number of benzene rings is 2. The fourth-order valence-electron chi connectivity index (χ4n) is 2.37. The average Bonchev–Trinajstić information content (AvgIpc) is 3.02. The molecule has 0 fully saturated rings. The molecule has 2 N–H and O–H groups in total. The number of aryl methyl sites for hydroxylation is 1. The molecule has 0 aliphatic carbocycles. The van der Waals surface area contributed by atoms with Crippen molar-refractivity contribution in [1.82, 2.24) is 20.2 Å². The van der Waals surface area contributed by atoms with Gasteiger partial charge in [0.15, 0.2) is 5.82 Å². The standard InChI is InChI=1S/C17H17N5O2/c1-12-19-20-21-22(12)15-9-5-8-14(10-15)18-17(24)11-16(23)13-6-3-2-4-7-13/h2-10,16,23H,11H2,1H3,(H,18,24). The maximum Gasteiger partial charge on any atom is 0.227 e. The smallest absolute Gasteiger partial charge is 0.227 e. The van der Waals surface area contributed by atoms with Crippen molar-refractivity contribution in [3.63, 3.8) is 0 Å². The third kappa shape index (κ3) is 3.64. The number of hydrogen-bond acceptors (Lipinski definition) is 5. The molecule has 0 aliphatic rings. The summed E-state index contributed by atoms with van der Waals surface area (Å²) in [7, 11) is 0. The van der Waals surface area contributed by atoms with Gasteiger partial charge >= 0.3 is 0 Å². The van der Waals surface area contributed by atoms with Crippen LogP contribution in [0.25, 0.3) is 5.69 Å². The first kappa shape index (κ1) is 15.8. The lowest BCUT2D eigenvalue weighted by molar-refractivity contribution is -0.118. The summed E-state index contributed by atoms with van der Waals surface area (Å²) in [4.78, 5) is 12.1. The van der Waals surface area contributed by atoms with Crippen LogP contribution in [0.1, 0.15) is 23.9 Å². The van der Waals surface area contributed by atoms with Crippen molar-refractivity contribution in [2.45, 2.75) is 19.4 Å². The van der Waals surface area contributed by atoms with Crippen LogP contribution in [0.15, 0.2) is 54.6 Å². The van der Waals surface area contributed by atoms with Crippen molar-refractivity contribution in [3.05, 3.63) is 66.0 Å². The van der Waals surface area contributed by atoms with Gasteiger partial charge in [0, 0.05) is 5.69 Å². The molecular formula is C17H17N5O2. The van der Waals surface area contributed by atoms with E-state index in [2.05, 4.69) is 20.8 Å². The van der Waals surface area contributed by atoms with Crippen molar-refractivity contribution >= 4 is 11.6 Å². The molecule has 1 unspecified atom stereocenters. The number of nitrogens with one attached hydrogen (secondary N) is 1. The van der Waals surface area contributed by atoms with Gasteiger partial charge in [0.05, 0.1) is 18.2 Å². The fraction of sp³-hybridized carbons (Fsp3) is 0.176. The van der Waals surface area contributed by atoms with Gasteiger partial charge in [-0.05, 0) is 41.1 Å². The molecule has 3 aromatic rings. The molecule has 2 aromatic carbocycles. The second-order valence-electron chi connectivity index (χ2n) is 5.37. The molecular weight excluding hydrogens is 306 g/mol. The molecule has 122 valence electrons. The molecule has 1 heterocycles. The summed E-state index contributed by atoms with van der Waals surface area (Å²) in [5, 5.41) is 24.2. The van der Waals surface area contributed by atoms with Crippen LogP contribution in [0.4, 0.5) is 5.69 Å². The van der Waals surface area contributed by atoms with Crippen LogP contribution in [0.2, 0.25) is 0 Å². The summed E-state index contributed by atoms with van der Waals surface area (Å²) in [6.07, 6.45) is -0.853. The van der Waals surface area contributed by atoms with E-state index in [1.165, 1.54) is 0 Å². The van der Waals surface area contributed by atoms with Crippen molar-refractivity contribution < 1.29 is 9.90 Å². The molecule has 0 radical (unpaired) electrons. The summed E-state index contributed by atoms with van der Waals surface area (Å²) >= 11 is 0. The summed E-state index contributed by atoms with van der Waals surface area (Å²) in [5.41, 5.74) is 2.08. The third-order valence-electron chi connectivity index (χ3n) is 3.56. The van der Waals surface area contributed by atoms with Crippen LogP contribution >= 0.6 is 0 Å². The maximum atomic E-state index is 12.1. The minimum absolute atomic E-state index is 0.0157. The van der Waals surface area contributed by atoms with E-state index in [0.717, 1.165) is 5.69 Å². The van der Waals surface area contributed by atoms with Gasteiger partial charge in [-0.15, -0.1) is 5.10 Å². The number of tetrazole rings is 1. The molecule has 7 heteroatoms. The maximum absolute atomic E-state index is 12.1. The lowest BCUT2D eigenvalue weighted by atomic mass is 10.1. The minimum atomic E-state index is -0.837. The predicted octanol–water partition coefficient (Wildman–Crippen LogP) is 2.03. The number of aromatic nitrogens is 4. The van der Waals surface area contributed by atoms with Gasteiger partial charge in [-0.3, -0.25) is 4.79 Å². The monoisotopic (exact) mass is 323 g/mol. The highest BCUT2D eigenvalue weighted by Gasteiger charge is 2.13. The second-order valence-corrected chi connectivity index (χ2v) is 5.37. The summed E-state index contributed by atoms with van der Waals surface area (Å²) in [6.45, 7) is 1.79. The Hall–Kier alpha value is -3.06. The summed E-state index contributed by atoms with van der Waals surface area (Å²) < 4.78 is 1.58.